The summed E-state index contributed by atoms with van der Waals surface area (Å²) in [6, 6.07) is -0.357. The molecule has 32 heavy (non-hydrogen) atoms. The van der Waals surface area contributed by atoms with Crippen LogP contribution >= 0.6 is 12.2 Å². The van der Waals surface area contributed by atoms with Gasteiger partial charge >= 0.3 is 6.09 Å². The van der Waals surface area contributed by atoms with Crippen LogP contribution in [0, 0.1) is 17.3 Å². The summed E-state index contributed by atoms with van der Waals surface area (Å²) in [5, 5.41) is 6.17. The molecule has 2 atom stereocenters. The van der Waals surface area contributed by atoms with Crippen molar-refractivity contribution in [2.45, 2.75) is 97.7 Å². The van der Waals surface area contributed by atoms with Crippen LogP contribution in [-0.4, -0.2) is 59.7 Å². The predicted molar refractivity (Wildman–Crippen MR) is 132 cm³/mol. The molecular weight excluding hydrogens is 424 g/mol. The van der Waals surface area contributed by atoms with E-state index in [4.69, 9.17) is 22.7 Å². The van der Waals surface area contributed by atoms with E-state index >= 15 is 0 Å². The van der Waals surface area contributed by atoms with Crippen LogP contribution in [0.1, 0.15) is 79.6 Å². The van der Waals surface area contributed by atoms with Crippen molar-refractivity contribution in [1.29, 1.82) is 0 Å². The summed E-state index contributed by atoms with van der Waals surface area (Å²) >= 11 is 5.92. The number of likely N-dealkylation sites (tertiary alicyclic amines) is 1. The van der Waals surface area contributed by atoms with Crippen LogP contribution in [0.4, 0.5) is 4.79 Å². The molecule has 0 spiro atoms. The standard InChI is InChI=1S/C24H44N4O3S/c1-6-31-23(30)27-20(24(4,5)14-16(2)3)22(32)28-13-7-8-19(28)21(29)26-15-17-9-11-18(25)12-10-17/h16-20H,6-15,25H2,1-5H3,(H,26,29)(H,27,30). The number of hydrogen-bond donors (Lipinski definition) is 3. The van der Waals surface area contributed by atoms with E-state index in [2.05, 4.69) is 38.3 Å². The van der Waals surface area contributed by atoms with E-state index < -0.39 is 6.09 Å². The van der Waals surface area contributed by atoms with Gasteiger partial charge in [0.2, 0.25) is 5.91 Å². The van der Waals surface area contributed by atoms with Gasteiger partial charge in [0.05, 0.1) is 12.6 Å². The highest BCUT2D eigenvalue weighted by molar-refractivity contribution is 7.80. The van der Waals surface area contributed by atoms with Crippen molar-refractivity contribution in [3.8, 4) is 0 Å². The number of nitrogens with two attached hydrogens (primary N) is 1. The van der Waals surface area contributed by atoms with Gasteiger partial charge in [-0.15, -0.1) is 0 Å². The second kappa shape index (κ2) is 12.2. The molecule has 1 aliphatic heterocycles. The first-order valence-corrected chi connectivity index (χ1v) is 12.7. The quantitative estimate of drug-likeness (QED) is 0.448. The van der Waals surface area contributed by atoms with Crippen LogP contribution < -0.4 is 16.4 Å². The summed E-state index contributed by atoms with van der Waals surface area (Å²) in [5.41, 5.74) is 5.73. The van der Waals surface area contributed by atoms with Gasteiger partial charge < -0.3 is 26.0 Å². The molecule has 1 saturated carbocycles. The second-order valence-electron chi connectivity index (χ2n) is 10.6. The van der Waals surface area contributed by atoms with Gasteiger partial charge in [-0.3, -0.25) is 4.79 Å². The van der Waals surface area contributed by atoms with Crippen molar-refractivity contribution >= 4 is 29.2 Å². The summed E-state index contributed by atoms with van der Waals surface area (Å²) < 4.78 is 5.16. The molecule has 2 amide bonds. The van der Waals surface area contributed by atoms with Crippen molar-refractivity contribution < 1.29 is 14.3 Å². The molecule has 4 N–H and O–H groups in total. The van der Waals surface area contributed by atoms with E-state index in [0.29, 0.717) is 36.0 Å². The van der Waals surface area contributed by atoms with E-state index in [-0.39, 0.29) is 23.4 Å². The first kappa shape index (κ1) is 26.8. The Hall–Kier alpha value is -1.41. The lowest BCUT2D eigenvalue weighted by atomic mass is 9.77. The highest BCUT2D eigenvalue weighted by Crippen LogP contribution is 2.33. The lowest BCUT2D eigenvalue weighted by Gasteiger charge is -2.40. The highest BCUT2D eigenvalue weighted by Gasteiger charge is 2.41. The van der Waals surface area contributed by atoms with Gasteiger partial charge in [-0.25, -0.2) is 4.79 Å². The van der Waals surface area contributed by atoms with Gasteiger partial charge in [0.25, 0.3) is 0 Å². The fourth-order valence-corrected chi connectivity index (χ4v) is 5.87. The highest BCUT2D eigenvalue weighted by atomic mass is 32.1. The number of nitrogens with one attached hydrogen (secondary N) is 2. The van der Waals surface area contributed by atoms with Crippen molar-refractivity contribution in [1.82, 2.24) is 15.5 Å². The third kappa shape index (κ3) is 7.58. The lowest BCUT2D eigenvalue weighted by molar-refractivity contribution is -0.124. The molecule has 0 aromatic rings. The number of hydrogen-bond acceptors (Lipinski definition) is 5. The molecule has 1 heterocycles. The number of carbonyl (C=O) groups is 2. The fourth-order valence-electron chi connectivity index (χ4n) is 5.28. The maximum Gasteiger partial charge on any atom is 0.407 e. The minimum Gasteiger partial charge on any atom is -0.450 e. The predicted octanol–water partition coefficient (Wildman–Crippen LogP) is 3.60. The zero-order valence-corrected chi connectivity index (χ0v) is 21.4. The van der Waals surface area contributed by atoms with E-state index in [9.17, 15) is 9.59 Å². The molecule has 8 heteroatoms. The second-order valence-corrected chi connectivity index (χ2v) is 11.0. The summed E-state index contributed by atoms with van der Waals surface area (Å²) in [6.07, 6.45) is 6.32. The van der Waals surface area contributed by atoms with Gasteiger partial charge in [0, 0.05) is 19.1 Å². The van der Waals surface area contributed by atoms with Crippen molar-refractivity contribution in [3.05, 3.63) is 0 Å². The van der Waals surface area contributed by atoms with Gasteiger partial charge in [0.15, 0.2) is 0 Å². The fraction of sp³-hybridized carbons (Fsp3) is 0.875. The molecule has 1 aliphatic carbocycles. The molecule has 2 unspecified atom stereocenters. The van der Waals surface area contributed by atoms with Gasteiger partial charge in [-0.05, 0) is 69.1 Å². The van der Waals surface area contributed by atoms with E-state index in [0.717, 1.165) is 51.5 Å². The topological polar surface area (TPSA) is 96.7 Å². The minimum atomic E-state index is -0.465. The molecule has 1 saturated heterocycles. The molecule has 2 rings (SSSR count). The van der Waals surface area contributed by atoms with Crippen LogP contribution in [0.3, 0.4) is 0 Å². The normalized spacial score (nSPS) is 24.8. The number of rotatable bonds is 9. The van der Waals surface area contributed by atoms with E-state index in [1.165, 1.54) is 0 Å². The maximum atomic E-state index is 13.1. The van der Waals surface area contributed by atoms with Gasteiger partial charge in [-0.1, -0.05) is 39.9 Å². The molecule has 2 aliphatic rings. The Bertz CT molecular complexity index is 647. The zero-order chi connectivity index (χ0) is 23.9. The van der Waals surface area contributed by atoms with Crippen LogP contribution in [0.25, 0.3) is 0 Å². The molecule has 0 aromatic heterocycles. The molecule has 0 radical (unpaired) electrons. The van der Waals surface area contributed by atoms with Crippen molar-refractivity contribution in [3.63, 3.8) is 0 Å². The van der Waals surface area contributed by atoms with Gasteiger partial charge in [-0.2, -0.15) is 0 Å². The Kier molecular flexibility index (Phi) is 10.2. The summed E-state index contributed by atoms with van der Waals surface area (Å²) in [7, 11) is 0. The Morgan fingerprint density at radius 2 is 1.84 bits per heavy atom. The smallest absolute Gasteiger partial charge is 0.407 e. The Labute approximate surface area is 199 Å². The molecule has 2 fully saturated rings. The van der Waals surface area contributed by atoms with Crippen LogP contribution in [0.15, 0.2) is 0 Å². The van der Waals surface area contributed by atoms with Crippen molar-refractivity contribution in [2.75, 3.05) is 19.7 Å². The minimum absolute atomic E-state index is 0.0382. The third-order valence-electron chi connectivity index (χ3n) is 6.80. The van der Waals surface area contributed by atoms with Crippen molar-refractivity contribution in [2.24, 2.45) is 23.0 Å². The SMILES string of the molecule is CCOC(=O)NC(C(=S)N1CCCC1C(=O)NCC1CCC(N)CC1)C(C)(C)CC(C)C. The molecular formula is C24H44N4O3S. The van der Waals surface area contributed by atoms with Crippen LogP contribution in [0.2, 0.25) is 0 Å². The molecule has 7 nitrogen and oxygen atoms in total. The summed E-state index contributed by atoms with van der Waals surface area (Å²) in [5.74, 6) is 0.987. The zero-order valence-electron chi connectivity index (χ0n) is 20.6. The third-order valence-corrected chi connectivity index (χ3v) is 7.27. The average molecular weight is 469 g/mol. The first-order chi connectivity index (χ1) is 15.0. The van der Waals surface area contributed by atoms with E-state index in [1.807, 2.05) is 4.90 Å². The molecule has 0 bridgehead atoms. The summed E-state index contributed by atoms with van der Waals surface area (Å²) in [4.78, 5) is 28.1. The number of carbonyl (C=O) groups excluding carboxylic acids is 2. The number of thiocarbonyl (C=S) groups is 1. The van der Waals surface area contributed by atoms with Crippen LogP contribution in [-0.2, 0) is 9.53 Å². The number of alkyl carbamates (subject to hydrolysis) is 1. The number of nitrogens with zero attached hydrogens (tertiary/aromatic N) is 1. The Morgan fingerprint density at radius 1 is 1.19 bits per heavy atom. The number of amides is 2. The Balaban J connectivity index is 2.07. The van der Waals surface area contributed by atoms with Gasteiger partial charge in [0.1, 0.15) is 11.0 Å². The Morgan fingerprint density at radius 3 is 2.44 bits per heavy atom. The lowest BCUT2D eigenvalue weighted by Crippen LogP contribution is -2.58. The number of ether oxygens (including phenoxy) is 1. The monoisotopic (exact) mass is 468 g/mol. The molecule has 184 valence electrons. The summed E-state index contributed by atoms with van der Waals surface area (Å²) in [6.45, 7) is 12.1. The van der Waals surface area contributed by atoms with Crippen LogP contribution in [0.5, 0.6) is 0 Å². The average Bonchev–Trinajstić information content (AvgIpc) is 3.20. The first-order valence-electron chi connectivity index (χ1n) is 12.3. The maximum absolute atomic E-state index is 13.1. The molecule has 0 aromatic carbocycles. The largest absolute Gasteiger partial charge is 0.450 e. The van der Waals surface area contributed by atoms with E-state index in [1.54, 1.807) is 6.92 Å².